The van der Waals surface area contributed by atoms with Crippen LogP contribution in [0.15, 0.2) is 11.8 Å². The monoisotopic (exact) mass is 587 g/mol. The lowest BCUT2D eigenvalue weighted by molar-refractivity contribution is -0.220. The number of carbonyl (C=O) groups excluding carboxylic acids is 2. The van der Waals surface area contributed by atoms with Crippen LogP contribution in [0.5, 0.6) is 0 Å². The summed E-state index contributed by atoms with van der Waals surface area (Å²) in [6.07, 6.45) is 7.85. The molecular formula is C32H46FN3O6. The third-order valence-corrected chi connectivity index (χ3v) is 11.5. The zero-order valence-electron chi connectivity index (χ0n) is 25.1. The van der Waals surface area contributed by atoms with Crippen LogP contribution in [-0.4, -0.2) is 105 Å². The standard InChI is InChI=1S/C32H46FN3O6/c1-32(2,3)42-31(40)35-10-6-9-19-14-34(16-24(19)35)27-22(33)13-20-26-29(27)41-25-12-18-8-5-4-7-17(18)11-23(25)36(26)15-21(28(20)37)30(38)39/h15,17-20,22-27,29H,4-14,16H2,1-3H3,(H,38,39). The van der Waals surface area contributed by atoms with Crippen molar-refractivity contribution in [1.29, 1.82) is 0 Å². The van der Waals surface area contributed by atoms with Crippen molar-refractivity contribution in [2.75, 3.05) is 19.6 Å². The number of aliphatic carboxylic acids is 1. The maximum absolute atomic E-state index is 16.4. The maximum Gasteiger partial charge on any atom is 0.410 e. The highest BCUT2D eigenvalue weighted by atomic mass is 19.1. The van der Waals surface area contributed by atoms with Gasteiger partial charge in [0.2, 0.25) is 0 Å². The SMILES string of the molecule is CC(C)(C)OC(=O)N1CCCC2CN(C3C(F)CC4C(=O)C(C(=O)O)=CN5C6CC7CCCCC7CC6OC3C45)CC21. The molecule has 3 saturated heterocycles. The number of likely N-dealkylation sites (tertiary alicyclic amines) is 2. The molecule has 42 heavy (non-hydrogen) atoms. The van der Waals surface area contributed by atoms with Crippen LogP contribution < -0.4 is 0 Å². The van der Waals surface area contributed by atoms with E-state index in [9.17, 15) is 19.5 Å². The van der Waals surface area contributed by atoms with Crippen LogP contribution in [0.3, 0.4) is 0 Å². The summed E-state index contributed by atoms with van der Waals surface area (Å²) in [4.78, 5) is 45.0. The summed E-state index contributed by atoms with van der Waals surface area (Å²) < 4.78 is 29.1. The second-order valence-electron chi connectivity index (χ2n) is 15.1. The fourth-order valence-corrected chi connectivity index (χ4v) is 9.86. The first-order valence-corrected chi connectivity index (χ1v) is 16.3. The number of Topliss-reactive ketones (excluding diaryl/α,β-unsaturated/α-hetero) is 1. The van der Waals surface area contributed by atoms with E-state index in [1.54, 1.807) is 6.20 Å². The van der Waals surface area contributed by atoms with Gasteiger partial charge in [-0.1, -0.05) is 25.7 Å². The number of piperidine rings is 1. The molecule has 1 N–H and O–H groups in total. The quantitative estimate of drug-likeness (QED) is 0.484. The molecular weight excluding hydrogens is 541 g/mol. The van der Waals surface area contributed by atoms with E-state index in [-0.39, 0.29) is 48.2 Å². The molecule has 3 aliphatic carbocycles. The van der Waals surface area contributed by atoms with Crippen LogP contribution in [0, 0.1) is 23.7 Å². The average molecular weight is 588 g/mol. The van der Waals surface area contributed by atoms with Crippen molar-refractivity contribution >= 4 is 17.8 Å². The first kappa shape index (κ1) is 28.6. The second-order valence-corrected chi connectivity index (χ2v) is 15.1. The molecule has 4 heterocycles. The van der Waals surface area contributed by atoms with Crippen LogP contribution in [0.1, 0.15) is 78.6 Å². The summed E-state index contributed by atoms with van der Waals surface area (Å²) in [5, 5.41) is 9.94. The van der Waals surface area contributed by atoms with Crippen molar-refractivity contribution < 1.29 is 33.4 Å². The molecule has 0 aromatic rings. The van der Waals surface area contributed by atoms with E-state index in [0.717, 1.165) is 25.7 Å². The Labute approximate surface area is 247 Å². The maximum atomic E-state index is 16.4. The Bertz CT molecular complexity index is 1160. The van der Waals surface area contributed by atoms with Crippen LogP contribution in [0.4, 0.5) is 9.18 Å². The van der Waals surface area contributed by atoms with Crippen LogP contribution >= 0.6 is 0 Å². The molecule has 0 bridgehead atoms. The second kappa shape index (κ2) is 10.5. The number of ether oxygens (including phenoxy) is 2. The van der Waals surface area contributed by atoms with Gasteiger partial charge in [0.1, 0.15) is 17.3 Å². The van der Waals surface area contributed by atoms with Gasteiger partial charge in [0.15, 0.2) is 5.78 Å². The van der Waals surface area contributed by atoms with Crippen molar-refractivity contribution in [2.24, 2.45) is 23.7 Å². The lowest BCUT2D eigenvalue weighted by Crippen LogP contribution is -2.73. The number of nitrogens with zero attached hydrogens (tertiary/aromatic N) is 3. The molecule has 0 spiro atoms. The highest BCUT2D eigenvalue weighted by Crippen LogP contribution is 2.51. The van der Waals surface area contributed by atoms with E-state index in [2.05, 4.69) is 9.80 Å². The largest absolute Gasteiger partial charge is 0.478 e. The first-order chi connectivity index (χ1) is 20.0. The highest BCUT2D eigenvalue weighted by Gasteiger charge is 2.61. The van der Waals surface area contributed by atoms with Crippen LogP contribution in [0.25, 0.3) is 0 Å². The van der Waals surface area contributed by atoms with Crippen molar-refractivity contribution in [3.63, 3.8) is 0 Å². The smallest absolute Gasteiger partial charge is 0.410 e. The zero-order valence-corrected chi connectivity index (χ0v) is 25.1. The number of halogens is 1. The van der Waals surface area contributed by atoms with Crippen molar-refractivity contribution in [3.05, 3.63) is 11.8 Å². The summed E-state index contributed by atoms with van der Waals surface area (Å²) in [6.45, 7) is 7.47. The minimum absolute atomic E-state index is 0.000199. The lowest BCUT2D eigenvalue weighted by Gasteiger charge is -2.61. The molecule has 11 atom stereocenters. The van der Waals surface area contributed by atoms with Gasteiger partial charge < -0.3 is 24.4 Å². The number of alkyl halides is 1. The van der Waals surface area contributed by atoms with E-state index in [1.807, 2.05) is 25.7 Å². The molecule has 0 aromatic heterocycles. The number of hydrogen-bond donors (Lipinski definition) is 1. The summed E-state index contributed by atoms with van der Waals surface area (Å²) in [5.74, 6) is -1.02. The van der Waals surface area contributed by atoms with Crippen molar-refractivity contribution in [1.82, 2.24) is 14.7 Å². The van der Waals surface area contributed by atoms with Gasteiger partial charge in [-0.25, -0.2) is 14.0 Å². The Balaban J connectivity index is 1.19. The number of hydrogen-bond acceptors (Lipinski definition) is 7. The Kier molecular flexibility index (Phi) is 7.11. The third-order valence-electron chi connectivity index (χ3n) is 11.5. The summed E-state index contributed by atoms with van der Waals surface area (Å²) in [6, 6.07) is -0.952. The van der Waals surface area contributed by atoms with Crippen LogP contribution in [-0.2, 0) is 19.1 Å². The van der Waals surface area contributed by atoms with Gasteiger partial charge in [-0.15, -0.1) is 0 Å². The number of rotatable bonds is 2. The fourth-order valence-electron chi connectivity index (χ4n) is 9.86. The topological polar surface area (TPSA) is 99.6 Å². The lowest BCUT2D eigenvalue weighted by atomic mass is 9.64. The Morgan fingerprint density at radius 1 is 0.976 bits per heavy atom. The van der Waals surface area contributed by atoms with Gasteiger partial charge in [-0.05, 0) is 70.6 Å². The number of carboxylic acid groups (broad SMARTS) is 1. The van der Waals surface area contributed by atoms with Gasteiger partial charge >= 0.3 is 12.1 Å². The zero-order chi connectivity index (χ0) is 29.5. The van der Waals surface area contributed by atoms with Gasteiger partial charge in [-0.2, -0.15) is 0 Å². The molecule has 1 amide bonds. The molecule has 232 valence electrons. The number of fused-ring (bicyclic) bond motifs is 4. The number of carboxylic acids is 1. The Morgan fingerprint density at radius 3 is 2.40 bits per heavy atom. The number of carbonyl (C=O) groups is 3. The molecule has 0 aromatic carbocycles. The third kappa shape index (κ3) is 4.75. The summed E-state index contributed by atoms with van der Waals surface area (Å²) >= 11 is 0. The molecule has 6 fully saturated rings. The van der Waals surface area contributed by atoms with Gasteiger partial charge in [0, 0.05) is 31.8 Å². The molecule has 4 aliphatic heterocycles. The van der Waals surface area contributed by atoms with E-state index in [4.69, 9.17) is 9.47 Å². The van der Waals surface area contributed by atoms with E-state index >= 15 is 4.39 Å². The normalized spacial score (nSPS) is 43.5. The number of ketones is 1. The molecule has 10 heteroatoms. The van der Waals surface area contributed by atoms with Crippen molar-refractivity contribution in [3.8, 4) is 0 Å². The predicted octanol–water partition coefficient (Wildman–Crippen LogP) is 4.00. The molecule has 7 aliphatic rings. The molecule has 3 saturated carbocycles. The summed E-state index contributed by atoms with van der Waals surface area (Å²) in [5.41, 5.74) is -0.805. The Morgan fingerprint density at radius 2 is 1.69 bits per heavy atom. The summed E-state index contributed by atoms with van der Waals surface area (Å²) in [7, 11) is 0. The average Bonchev–Trinajstić information content (AvgIpc) is 3.36. The molecule has 0 radical (unpaired) electrons. The van der Waals surface area contributed by atoms with Gasteiger partial charge in [0.05, 0.1) is 36.4 Å². The Hall–Kier alpha value is -2.20. The van der Waals surface area contributed by atoms with Gasteiger partial charge in [-0.3, -0.25) is 9.69 Å². The molecule has 9 nitrogen and oxygen atoms in total. The predicted molar refractivity (Wildman–Crippen MR) is 151 cm³/mol. The van der Waals surface area contributed by atoms with E-state index in [0.29, 0.717) is 31.5 Å². The first-order valence-electron chi connectivity index (χ1n) is 16.3. The van der Waals surface area contributed by atoms with Crippen LogP contribution in [0.2, 0.25) is 0 Å². The highest BCUT2D eigenvalue weighted by molar-refractivity contribution is 6.18. The minimum atomic E-state index is -1.33. The molecule has 11 unspecified atom stereocenters. The number of morpholine rings is 1. The van der Waals surface area contributed by atoms with Crippen molar-refractivity contribution in [2.45, 2.75) is 127 Å². The van der Waals surface area contributed by atoms with Gasteiger partial charge in [0.25, 0.3) is 0 Å². The minimum Gasteiger partial charge on any atom is -0.478 e. The van der Waals surface area contributed by atoms with E-state index < -0.39 is 41.6 Å². The van der Waals surface area contributed by atoms with E-state index in [1.165, 1.54) is 25.7 Å². The number of amides is 1. The fraction of sp³-hybridized carbons (Fsp3) is 0.844. The molecule has 7 rings (SSSR count).